The third-order valence-corrected chi connectivity index (χ3v) is 1.97. The van der Waals surface area contributed by atoms with E-state index in [2.05, 4.69) is 20.4 Å². The maximum absolute atomic E-state index is 4.23. The van der Waals surface area contributed by atoms with E-state index in [0.717, 1.165) is 23.0 Å². The van der Waals surface area contributed by atoms with Gasteiger partial charge in [0, 0.05) is 25.1 Å². The van der Waals surface area contributed by atoms with Gasteiger partial charge in [0.1, 0.15) is 0 Å². The minimum atomic E-state index is 0.749. The van der Waals surface area contributed by atoms with E-state index in [1.165, 1.54) is 0 Å². The molecule has 5 heteroatoms. The second-order valence-corrected chi connectivity index (χ2v) is 3.34. The van der Waals surface area contributed by atoms with Gasteiger partial charge in [0.2, 0.25) is 5.95 Å². The van der Waals surface area contributed by atoms with Crippen LogP contribution < -0.4 is 5.32 Å². The van der Waals surface area contributed by atoms with Crippen LogP contribution >= 0.6 is 0 Å². The summed E-state index contributed by atoms with van der Waals surface area (Å²) in [5.41, 5.74) is 2.97. The minimum absolute atomic E-state index is 0.749. The predicted molar refractivity (Wildman–Crippen MR) is 54.6 cm³/mol. The fourth-order valence-electron chi connectivity index (χ4n) is 1.33. The molecule has 0 saturated heterocycles. The van der Waals surface area contributed by atoms with E-state index in [1.807, 2.05) is 27.1 Å². The number of anilines is 2. The number of nitrogens with one attached hydrogen (secondary N) is 2. The Balaban J connectivity index is 2.22. The predicted octanol–water partition coefficient (Wildman–Crippen LogP) is 1.50. The van der Waals surface area contributed by atoms with Crippen LogP contribution in [-0.4, -0.2) is 19.7 Å². The normalized spacial score (nSPS) is 10.5. The molecule has 0 aromatic carbocycles. The lowest BCUT2D eigenvalue weighted by molar-refractivity contribution is 0.756. The van der Waals surface area contributed by atoms with Crippen LogP contribution in [0.3, 0.4) is 0 Å². The number of hydrogen-bond donors (Lipinski definition) is 2. The molecule has 0 aliphatic heterocycles. The third-order valence-electron chi connectivity index (χ3n) is 1.97. The van der Waals surface area contributed by atoms with Crippen molar-refractivity contribution in [2.24, 2.45) is 7.05 Å². The van der Waals surface area contributed by atoms with Crippen LogP contribution in [0.15, 0.2) is 12.4 Å². The molecular formula is C9H13N5. The highest BCUT2D eigenvalue weighted by molar-refractivity contribution is 5.54. The van der Waals surface area contributed by atoms with Gasteiger partial charge in [-0.15, -0.1) is 0 Å². The first kappa shape index (κ1) is 8.80. The Morgan fingerprint density at radius 1 is 1.43 bits per heavy atom. The van der Waals surface area contributed by atoms with E-state index < -0.39 is 0 Å². The van der Waals surface area contributed by atoms with Gasteiger partial charge < -0.3 is 10.3 Å². The minimum Gasteiger partial charge on any atom is -0.328 e. The van der Waals surface area contributed by atoms with Gasteiger partial charge in [-0.2, -0.15) is 5.10 Å². The van der Waals surface area contributed by atoms with Crippen LogP contribution in [0.25, 0.3) is 0 Å². The molecule has 0 saturated carbocycles. The molecule has 74 valence electrons. The summed E-state index contributed by atoms with van der Waals surface area (Å²) in [6.45, 7) is 3.92. The van der Waals surface area contributed by atoms with E-state index in [0.29, 0.717) is 0 Å². The summed E-state index contributed by atoms with van der Waals surface area (Å²) in [6.07, 6.45) is 3.71. The van der Waals surface area contributed by atoms with Crippen LogP contribution in [0.2, 0.25) is 0 Å². The molecule has 0 fully saturated rings. The molecule has 0 bridgehead atoms. The Hall–Kier alpha value is -1.78. The van der Waals surface area contributed by atoms with Crippen LogP contribution in [0.4, 0.5) is 11.6 Å². The van der Waals surface area contributed by atoms with Gasteiger partial charge >= 0.3 is 0 Å². The third kappa shape index (κ3) is 1.61. The number of aryl methyl sites for hydroxylation is 3. The molecule has 0 aliphatic carbocycles. The van der Waals surface area contributed by atoms with Gasteiger partial charge in [0.25, 0.3) is 0 Å². The number of hydrogen-bond acceptors (Lipinski definition) is 3. The average molecular weight is 191 g/mol. The monoisotopic (exact) mass is 191 g/mol. The molecule has 0 aliphatic rings. The van der Waals surface area contributed by atoms with Gasteiger partial charge in [0.15, 0.2) is 0 Å². The zero-order valence-electron chi connectivity index (χ0n) is 8.50. The number of aromatic amines is 1. The van der Waals surface area contributed by atoms with E-state index >= 15 is 0 Å². The molecule has 2 heterocycles. The summed E-state index contributed by atoms with van der Waals surface area (Å²) >= 11 is 0. The van der Waals surface area contributed by atoms with Crippen molar-refractivity contribution >= 4 is 11.6 Å². The van der Waals surface area contributed by atoms with Crippen molar-refractivity contribution < 1.29 is 0 Å². The van der Waals surface area contributed by atoms with Crippen LogP contribution in [0, 0.1) is 13.8 Å². The highest BCUT2D eigenvalue weighted by atomic mass is 15.3. The Morgan fingerprint density at radius 2 is 2.21 bits per heavy atom. The molecule has 2 aromatic heterocycles. The molecule has 0 radical (unpaired) electrons. The fraction of sp³-hybridized carbons (Fsp3) is 0.333. The molecule has 0 atom stereocenters. The summed E-state index contributed by atoms with van der Waals surface area (Å²) in [6, 6.07) is 0. The van der Waals surface area contributed by atoms with Crippen molar-refractivity contribution in [1.82, 2.24) is 19.7 Å². The molecule has 0 unspecified atom stereocenters. The molecule has 5 nitrogen and oxygen atoms in total. The van der Waals surface area contributed by atoms with Gasteiger partial charge in [0.05, 0.1) is 11.4 Å². The van der Waals surface area contributed by atoms with Crippen molar-refractivity contribution in [1.29, 1.82) is 0 Å². The Kier molecular flexibility index (Phi) is 1.99. The summed E-state index contributed by atoms with van der Waals surface area (Å²) in [7, 11) is 1.89. The molecule has 0 amide bonds. The summed E-state index contributed by atoms with van der Waals surface area (Å²) in [4.78, 5) is 7.26. The van der Waals surface area contributed by atoms with E-state index in [9.17, 15) is 0 Å². The lowest BCUT2D eigenvalue weighted by Crippen LogP contribution is -1.92. The molecule has 14 heavy (non-hydrogen) atoms. The van der Waals surface area contributed by atoms with Gasteiger partial charge in [-0.3, -0.25) is 4.68 Å². The molecular weight excluding hydrogens is 178 g/mol. The van der Waals surface area contributed by atoms with Gasteiger partial charge in [-0.25, -0.2) is 4.98 Å². The van der Waals surface area contributed by atoms with Crippen LogP contribution in [0.1, 0.15) is 11.4 Å². The fourth-order valence-corrected chi connectivity index (χ4v) is 1.33. The topological polar surface area (TPSA) is 58.5 Å². The Bertz CT molecular complexity index is 440. The number of nitrogens with zero attached hydrogens (tertiary/aromatic N) is 3. The Labute approximate surface area is 82.2 Å². The van der Waals surface area contributed by atoms with Crippen molar-refractivity contribution in [3.63, 3.8) is 0 Å². The largest absolute Gasteiger partial charge is 0.328 e. The number of rotatable bonds is 2. The number of imidazole rings is 1. The van der Waals surface area contributed by atoms with E-state index in [1.54, 1.807) is 10.9 Å². The second-order valence-electron chi connectivity index (χ2n) is 3.34. The first-order chi connectivity index (χ1) is 6.65. The quantitative estimate of drug-likeness (QED) is 0.756. The van der Waals surface area contributed by atoms with Crippen molar-refractivity contribution in [3.05, 3.63) is 23.8 Å². The lowest BCUT2D eigenvalue weighted by Gasteiger charge is -1.98. The van der Waals surface area contributed by atoms with Crippen LogP contribution in [0.5, 0.6) is 0 Å². The maximum atomic E-state index is 4.23. The standard InChI is InChI=1S/C9H13N5/c1-6-4-10-9(11-6)12-8-5-14(3)13-7(8)2/h4-5H,1-3H3,(H2,10,11,12). The lowest BCUT2D eigenvalue weighted by atomic mass is 10.4. The second kappa shape index (κ2) is 3.17. The van der Waals surface area contributed by atoms with Gasteiger partial charge in [-0.05, 0) is 13.8 Å². The van der Waals surface area contributed by atoms with Crippen molar-refractivity contribution in [2.75, 3.05) is 5.32 Å². The first-order valence-electron chi connectivity index (χ1n) is 4.44. The number of H-pyrrole nitrogens is 1. The zero-order chi connectivity index (χ0) is 10.1. The SMILES string of the molecule is Cc1cnc(Nc2cn(C)nc2C)[nH]1. The first-order valence-corrected chi connectivity index (χ1v) is 4.44. The molecule has 0 spiro atoms. The van der Waals surface area contributed by atoms with Crippen molar-refractivity contribution in [3.8, 4) is 0 Å². The molecule has 2 N–H and O–H groups in total. The molecule has 2 aromatic rings. The summed E-state index contributed by atoms with van der Waals surface area (Å²) in [5, 5.41) is 7.39. The average Bonchev–Trinajstić information content (AvgIpc) is 2.61. The van der Waals surface area contributed by atoms with Crippen molar-refractivity contribution in [2.45, 2.75) is 13.8 Å². The highest BCUT2D eigenvalue weighted by Crippen LogP contribution is 2.16. The van der Waals surface area contributed by atoms with E-state index in [-0.39, 0.29) is 0 Å². The Morgan fingerprint density at radius 3 is 2.71 bits per heavy atom. The molecule has 2 rings (SSSR count). The van der Waals surface area contributed by atoms with Crippen LogP contribution in [-0.2, 0) is 7.05 Å². The number of aromatic nitrogens is 4. The maximum Gasteiger partial charge on any atom is 0.204 e. The summed E-state index contributed by atoms with van der Waals surface area (Å²) < 4.78 is 1.77. The zero-order valence-corrected chi connectivity index (χ0v) is 8.50. The smallest absolute Gasteiger partial charge is 0.204 e. The van der Waals surface area contributed by atoms with Gasteiger partial charge in [-0.1, -0.05) is 0 Å². The highest BCUT2D eigenvalue weighted by Gasteiger charge is 2.04. The van der Waals surface area contributed by atoms with E-state index in [4.69, 9.17) is 0 Å². The summed E-state index contributed by atoms with van der Waals surface area (Å²) in [5.74, 6) is 0.749.